The molecule has 8 heavy (non-hydrogen) atoms. The summed E-state index contributed by atoms with van der Waals surface area (Å²) in [7, 11) is 4.12. The van der Waals surface area contributed by atoms with Crippen LogP contribution >= 0.6 is 0 Å². The van der Waals surface area contributed by atoms with Gasteiger partial charge in [0.15, 0.2) is 0 Å². The molecule has 0 heterocycles. The van der Waals surface area contributed by atoms with Crippen LogP contribution in [0.1, 0.15) is 13.3 Å². The maximum Gasteiger partial charge on any atom is 0.00226 e. The maximum absolute atomic E-state index is 5.51. The first kappa shape index (κ1) is 7.92. The predicted octanol–water partition coefficient (Wildman–Crippen LogP) is 0.285. The Balaban J connectivity index is 2.93. The van der Waals surface area contributed by atoms with Gasteiger partial charge in [0.1, 0.15) is 0 Å². The van der Waals surface area contributed by atoms with Gasteiger partial charge in [-0.1, -0.05) is 0 Å². The average molecular weight is 116 g/mol. The Labute approximate surface area is 51.7 Å². The van der Waals surface area contributed by atoms with Crippen molar-refractivity contribution in [1.29, 1.82) is 0 Å². The summed E-state index contributed by atoms with van der Waals surface area (Å²) in [5, 5.41) is 0. The van der Waals surface area contributed by atoms with Crippen molar-refractivity contribution in [2.75, 3.05) is 20.6 Å². The van der Waals surface area contributed by atoms with Crippen LogP contribution in [0.15, 0.2) is 0 Å². The van der Waals surface area contributed by atoms with E-state index in [1.807, 2.05) is 6.92 Å². The van der Waals surface area contributed by atoms with Gasteiger partial charge in [-0.05, 0) is 34.0 Å². The Morgan fingerprint density at radius 3 is 2.12 bits per heavy atom. The van der Waals surface area contributed by atoms with Crippen molar-refractivity contribution >= 4 is 0 Å². The van der Waals surface area contributed by atoms with Gasteiger partial charge in [-0.3, -0.25) is 0 Å². The fraction of sp³-hybridized carbons (Fsp3) is 1.00. The van der Waals surface area contributed by atoms with Gasteiger partial charge in [0.2, 0.25) is 0 Å². The largest absolute Gasteiger partial charge is 0.328 e. The highest BCUT2D eigenvalue weighted by Crippen LogP contribution is 1.86. The van der Waals surface area contributed by atoms with Crippen LogP contribution in [-0.2, 0) is 0 Å². The SMILES string of the molecule is C[C@@H](N)CCN(C)C. The van der Waals surface area contributed by atoms with Crippen LogP contribution in [0.5, 0.6) is 0 Å². The van der Waals surface area contributed by atoms with Crippen molar-refractivity contribution in [2.45, 2.75) is 19.4 Å². The Morgan fingerprint density at radius 1 is 1.50 bits per heavy atom. The van der Waals surface area contributed by atoms with Gasteiger partial charge in [0.05, 0.1) is 0 Å². The lowest BCUT2D eigenvalue weighted by Gasteiger charge is -2.10. The maximum atomic E-state index is 5.51. The fourth-order valence-corrected chi connectivity index (χ4v) is 0.462. The van der Waals surface area contributed by atoms with E-state index < -0.39 is 0 Å². The number of hydrogen-bond donors (Lipinski definition) is 1. The van der Waals surface area contributed by atoms with E-state index in [4.69, 9.17) is 5.73 Å². The molecule has 0 radical (unpaired) electrons. The van der Waals surface area contributed by atoms with Crippen LogP contribution in [-0.4, -0.2) is 31.6 Å². The summed E-state index contributed by atoms with van der Waals surface area (Å²) in [5.41, 5.74) is 5.51. The van der Waals surface area contributed by atoms with Gasteiger partial charge in [0, 0.05) is 6.04 Å². The molecule has 0 rings (SSSR count). The van der Waals surface area contributed by atoms with Gasteiger partial charge < -0.3 is 10.6 Å². The molecule has 0 aromatic heterocycles. The third-order valence-corrected chi connectivity index (χ3v) is 1.03. The zero-order chi connectivity index (χ0) is 6.57. The molecule has 0 aromatic carbocycles. The fourth-order valence-electron chi connectivity index (χ4n) is 0.462. The molecule has 0 aliphatic rings. The van der Waals surface area contributed by atoms with Gasteiger partial charge in [0.25, 0.3) is 0 Å². The molecule has 0 amide bonds. The van der Waals surface area contributed by atoms with Crippen molar-refractivity contribution in [2.24, 2.45) is 5.73 Å². The van der Waals surface area contributed by atoms with Gasteiger partial charge >= 0.3 is 0 Å². The summed E-state index contributed by atoms with van der Waals surface area (Å²) in [5.74, 6) is 0. The molecule has 0 aliphatic heterocycles. The second kappa shape index (κ2) is 3.87. The molecule has 1 atom stereocenters. The summed E-state index contributed by atoms with van der Waals surface area (Å²) < 4.78 is 0. The van der Waals surface area contributed by atoms with E-state index in [2.05, 4.69) is 19.0 Å². The van der Waals surface area contributed by atoms with Crippen LogP contribution in [0.2, 0.25) is 0 Å². The standard InChI is InChI=1S/C6H16N2/c1-6(7)4-5-8(2)3/h6H,4-5,7H2,1-3H3/t6-/m1/s1. The summed E-state index contributed by atoms with van der Waals surface area (Å²) in [6.45, 7) is 3.13. The van der Waals surface area contributed by atoms with Crippen molar-refractivity contribution in [3.05, 3.63) is 0 Å². The predicted molar refractivity (Wildman–Crippen MR) is 36.8 cm³/mol. The van der Waals surface area contributed by atoms with Crippen molar-refractivity contribution in [3.63, 3.8) is 0 Å². The molecule has 0 saturated carbocycles. The van der Waals surface area contributed by atoms with E-state index in [9.17, 15) is 0 Å². The molecular weight excluding hydrogens is 100 g/mol. The smallest absolute Gasteiger partial charge is 0.00226 e. The minimum absolute atomic E-state index is 0.345. The van der Waals surface area contributed by atoms with E-state index in [0.29, 0.717) is 6.04 Å². The average Bonchev–Trinajstić information content (AvgIpc) is 1.61. The molecular formula is C6H16N2. The molecule has 50 valence electrons. The molecule has 0 aliphatic carbocycles. The van der Waals surface area contributed by atoms with Crippen molar-refractivity contribution < 1.29 is 0 Å². The number of rotatable bonds is 3. The lowest BCUT2D eigenvalue weighted by atomic mass is 10.2. The first-order chi connectivity index (χ1) is 3.63. The minimum Gasteiger partial charge on any atom is -0.328 e. The second-order valence-electron chi connectivity index (χ2n) is 2.57. The van der Waals surface area contributed by atoms with E-state index in [0.717, 1.165) is 13.0 Å². The second-order valence-corrected chi connectivity index (χ2v) is 2.57. The van der Waals surface area contributed by atoms with E-state index in [1.165, 1.54) is 0 Å². The lowest BCUT2D eigenvalue weighted by Crippen LogP contribution is -2.22. The van der Waals surface area contributed by atoms with Crippen LogP contribution in [0.3, 0.4) is 0 Å². The summed E-state index contributed by atoms with van der Waals surface area (Å²) >= 11 is 0. The number of hydrogen-bond acceptors (Lipinski definition) is 2. The lowest BCUT2D eigenvalue weighted by molar-refractivity contribution is 0.386. The molecule has 0 spiro atoms. The summed E-state index contributed by atoms with van der Waals surface area (Å²) in [6.07, 6.45) is 1.09. The third kappa shape index (κ3) is 5.92. The zero-order valence-corrected chi connectivity index (χ0v) is 6.02. The summed E-state index contributed by atoms with van der Waals surface area (Å²) in [4.78, 5) is 2.14. The Morgan fingerprint density at radius 2 is 2.00 bits per heavy atom. The Kier molecular flexibility index (Phi) is 3.83. The Bertz CT molecular complexity index is 42.5. The van der Waals surface area contributed by atoms with Gasteiger partial charge in [-0.2, -0.15) is 0 Å². The normalized spacial score (nSPS) is 14.6. The molecule has 2 nitrogen and oxygen atoms in total. The molecule has 2 heteroatoms. The number of nitrogens with zero attached hydrogens (tertiary/aromatic N) is 1. The molecule has 0 saturated heterocycles. The van der Waals surface area contributed by atoms with E-state index in [1.54, 1.807) is 0 Å². The van der Waals surface area contributed by atoms with E-state index in [-0.39, 0.29) is 0 Å². The minimum atomic E-state index is 0.345. The highest BCUT2D eigenvalue weighted by atomic mass is 15.0. The molecule has 2 N–H and O–H groups in total. The molecule has 0 fully saturated rings. The van der Waals surface area contributed by atoms with Crippen LogP contribution < -0.4 is 5.73 Å². The molecule has 0 aromatic rings. The van der Waals surface area contributed by atoms with Crippen molar-refractivity contribution in [3.8, 4) is 0 Å². The quantitative estimate of drug-likeness (QED) is 0.574. The molecule has 0 bridgehead atoms. The zero-order valence-electron chi connectivity index (χ0n) is 6.02. The number of nitrogens with two attached hydrogens (primary N) is 1. The topological polar surface area (TPSA) is 29.3 Å². The van der Waals surface area contributed by atoms with Crippen molar-refractivity contribution in [1.82, 2.24) is 4.90 Å². The monoisotopic (exact) mass is 116 g/mol. The third-order valence-electron chi connectivity index (χ3n) is 1.03. The van der Waals surface area contributed by atoms with Gasteiger partial charge in [-0.25, -0.2) is 0 Å². The van der Waals surface area contributed by atoms with Crippen LogP contribution in [0.4, 0.5) is 0 Å². The first-order valence-electron chi connectivity index (χ1n) is 3.03. The first-order valence-corrected chi connectivity index (χ1v) is 3.03. The molecule has 0 unspecified atom stereocenters. The Hall–Kier alpha value is -0.0800. The van der Waals surface area contributed by atoms with Crippen LogP contribution in [0, 0.1) is 0 Å². The van der Waals surface area contributed by atoms with Crippen LogP contribution in [0.25, 0.3) is 0 Å². The van der Waals surface area contributed by atoms with Gasteiger partial charge in [-0.15, -0.1) is 0 Å². The summed E-state index contributed by atoms with van der Waals surface area (Å²) in [6, 6.07) is 0.345. The highest BCUT2D eigenvalue weighted by molar-refractivity contribution is 4.54. The highest BCUT2D eigenvalue weighted by Gasteiger charge is 1.93. The van der Waals surface area contributed by atoms with E-state index >= 15 is 0 Å².